The molecule has 2 amide bonds. The van der Waals surface area contributed by atoms with E-state index < -0.39 is 6.04 Å². The quantitative estimate of drug-likeness (QED) is 0.235. The number of rotatable bonds is 8. The van der Waals surface area contributed by atoms with Crippen LogP contribution in [0.15, 0.2) is 85.2 Å². The zero-order chi connectivity index (χ0) is 27.4. The molecule has 2 heterocycles. The van der Waals surface area contributed by atoms with Gasteiger partial charge >= 0.3 is 0 Å². The van der Waals surface area contributed by atoms with Crippen LogP contribution >= 0.6 is 0 Å². The molecule has 1 atom stereocenters. The maximum Gasteiger partial charge on any atom is 0.251 e. The monoisotopic (exact) mass is 522 g/mol. The summed E-state index contributed by atoms with van der Waals surface area (Å²) in [6.07, 6.45) is 4.00. The number of anilines is 1. The molecular weight excluding hydrogens is 495 g/mol. The Labute approximate surface area is 224 Å². The van der Waals surface area contributed by atoms with Gasteiger partial charge in [-0.1, -0.05) is 36.4 Å². The number of halogens is 1. The van der Waals surface area contributed by atoms with Crippen LogP contribution in [-0.4, -0.2) is 39.4 Å². The van der Waals surface area contributed by atoms with Gasteiger partial charge in [0.2, 0.25) is 5.91 Å². The Morgan fingerprint density at radius 3 is 2.51 bits per heavy atom. The fourth-order valence-electron chi connectivity index (χ4n) is 4.13. The number of aromatic nitrogens is 3. The van der Waals surface area contributed by atoms with Crippen LogP contribution in [0.25, 0.3) is 33.5 Å². The Balaban J connectivity index is 1.40. The third kappa shape index (κ3) is 6.16. The summed E-state index contributed by atoms with van der Waals surface area (Å²) in [6.45, 7) is 1.94. The first-order chi connectivity index (χ1) is 18.9. The molecule has 5 N–H and O–H groups in total. The molecule has 0 radical (unpaired) electrons. The van der Waals surface area contributed by atoms with Crippen molar-refractivity contribution in [1.82, 2.24) is 20.3 Å². The molecule has 2 aromatic heterocycles. The minimum atomic E-state index is -0.723. The van der Waals surface area contributed by atoms with E-state index in [2.05, 4.69) is 25.6 Å². The maximum atomic E-state index is 13.2. The van der Waals surface area contributed by atoms with Gasteiger partial charge in [0.05, 0.1) is 17.9 Å². The number of benzene rings is 3. The normalized spacial score (nSPS) is 11.8. The molecule has 0 unspecified atom stereocenters. The number of nitrogens with two attached hydrogens (primary N) is 1. The molecule has 5 rings (SSSR count). The number of pyridine rings is 1. The fraction of sp³-hybridized carbons (Fsp3) is 0.133. The van der Waals surface area contributed by atoms with Crippen LogP contribution in [0.1, 0.15) is 22.8 Å². The van der Waals surface area contributed by atoms with E-state index in [0.29, 0.717) is 47.0 Å². The molecule has 0 aliphatic rings. The summed E-state index contributed by atoms with van der Waals surface area (Å²) >= 11 is 0. The highest BCUT2D eigenvalue weighted by atomic mass is 19.1. The van der Waals surface area contributed by atoms with Gasteiger partial charge in [0.1, 0.15) is 11.5 Å². The van der Waals surface area contributed by atoms with E-state index in [9.17, 15) is 14.0 Å². The third-order valence-electron chi connectivity index (χ3n) is 6.25. The predicted octanol–water partition coefficient (Wildman–Crippen LogP) is 4.69. The summed E-state index contributed by atoms with van der Waals surface area (Å²) in [5.41, 5.74) is 9.40. The number of hydrogen-bond acceptors (Lipinski definition) is 5. The maximum absolute atomic E-state index is 13.2. The summed E-state index contributed by atoms with van der Waals surface area (Å²) in [4.78, 5) is 37.6. The number of imidazole rings is 1. The number of nitrogens with zero attached hydrogens (tertiary/aromatic N) is 2. The van der Waals surface area contributed by atoms with E-state index in [1.165, 1.54) is 12.1 Å². The molecule has 39 heavy (non-hydrogen) atoms. The van der Waals surface area contributed by atoms with Crippen molar-refractivity contribution < 1.29 is 14.0 Å². The zero-order valence-corrected chi connectivity index (χ0v) is 21.2. The Hall–Kier alpha value is -4.89. The van der Waals surface area contributed by atoms with E-state index in [0.717, 1.165) is 16.3 Å². The minimum Gasteiger partial charge on any atom is -0.352 e. The average Bonchev–Trinajstić information content (AvgIpc) is 3.44. The third-order valence-corrected chi connectivity index (χ3v) is 6.25. The Bertz CT molecular complexity index is 1650. The van der Waals surface area contributed by atoms with Crippen LogP contribution in [0.5, 0.6) is 0 Å². The molecule has 196 valence electrons. The van der Waals surface area contributed by atoms with Crippen LogP contribution < -0.4 is 16.4 Å². The van der Waals surface area contributed by atoms with E-state index in [4.69, 9.17) is 5.73 Å². The number of carbonyl (C=O) groups is 2. The lowest BCUT2D eigenvalue weighted by Gasteiger charge is -2.12. The van der Waals surface area contributed by atoms with Crippen molar-refractivity contribution in [1.29, 1.82) is 0 Å². The van der Waals surface area contributed by atoms with Crippen molar-refractivity contribution in [3.05, 3.63) is 102 Å². The van der Waals surface area contributed by atoms with Crippen molar-refractivity contribution >= 4 is 28.3 Å². The van der Waals surface area contributed by atoms with Crippen LogP contribution in [0.4, 0.5) is 10.1 Å². The highest BCUT2D eigenvalue weighted by Crippen LogP contribution is 2.27. The summed E-state index contributed by atoms with van der Waals surface area (Å²) in [5.74, 6) is -0.419. The topological polar surface area (TPSA) is 126 Å². The van der Waals surface area contributed by atoms with Gasteiger partial charge in [-0.25, -0.2) is 9.37 Å². The standard InChI is InChI=1S/C30H27FN6O2/c1-18(32)29(38)36-25-13-22(12-23(14-25)30(39)33-11-10-19-6-8-24(31)9-7-19)27-17-35-28(37-27)26-15-20-4-2-3-5-21(20)16-34-26/h2-9,12-18H,10-11,32H2,1H3,(H,33,39)(H,35,37)(H,36,38)/t18-/m1/s1. The molecule has 0 aliphatic heterocycles. The lowest BCUT2D eigenvalue weighted by molar-refractivity contribution is -0.117. The first-order valence-corrected chi connectivity index (χ1v) is 12.5. The molecule has 0 fully saturated rings. The van der Waals surface area contributed by atoms with Crippen LogP contribution in [-0.2, 0) is 11.2 Å². The van der Waals surface area contributed by atoms with Gasteiger partial charge in [0, 0.05) is 34.9 Å². The number of aromatic amines is 1. The van der Waals surface area contributed by atoms with Crippen LogP contribution in [0.2, 0.25) is 0 Å². The first kappa shape index (κ1) is 25.7. The number of fused-ring (bicyclic) bond motifs is 1. The van der Waals surface area contributed by atoms with Gasteiger partial charge in [-0.15, -0.1) is 0 Å². The molecule has 0 bridgehead atoms. The molecule has 0 saturated heterocycles. The molecular formula is C30H27FN6O2. The fourth-order valence-corrected chi connectivity index (χ4v) is 4.13. The average molecular weight is 523 g/mol. The molecule has 0 spiro atoms. The Kier molecular flexibility index (Phi) is 7.42. The van der Waals surface area contributed by atoms with Crippen molar-refractivity contribution in [2.75, 3.05) is 11.9 Å². The highest BCUT2D eigenvalue weighted by molar-refractivity contribution is 6.00. The van der Waals surface area contributed by atoms with Gasteiger partial charge < -0.3 is 21.4 Å². The number of nitrogens with one attached hydrogen (secondary N) is 3. The van der Waals surface area contributed by atoms with E-state index in [1.807, 2.05) is 30.3 Å². The van der Waals surface area contributed by atoms with Gasteiger partial charge in [-0.2, -0.15) is 0 Å². The SMILES string of the molecule is C[C@@H](N)C(=O)Nc1cc(C(=O)NCCc2ccc(F)cc2)cc(-c2cnc(-c3cc4ccccc4cn3)[nH]2)c1. The molecule has 0 aliphatic carbocycles. The Morgan fingerprint density at radius 1 is 0.974 bits per heavy atom. The highest BCUT2D eigenvalue weighted by Gasteiger charge is 2.15. The van der Waals surface area contributed by atoms with Crippen LogP contribution in [0.3, 0.4) is 0 Å². The van der Waals surface area contributed by atoms with Gasteiger partial charge in [-0.05, 0) is 60.7 Å². The molecule has 5 aromatic rings. The second-order valence-electron chi connectivity index (χ2n) is 9.27. The van der Waals surface area contributed by atoms with Crippen molar-refractivity contribution in [2.45, 2.75) is 19.4 Å². The summed E-state index contributed by atoms with van der Waals surface area (Å²) in [6, 6.07) is 20.4. The van der Waals surface area contributed by atoms with Gasteiger partial charge in [0.25, 0.3) is 5.91 Å². The van der Waals surface area contributed by atoms with E-state index in [-0.39, 0.29) is 17.6 Å². The summed E-state index contributed by atoms with van der Waals surface area (Å²) < 4.78 is 13.2. The number of hydrogen-bond donors (Lipinski definition) is 4. The van der Waals surface area contributed by atoms with Crippen molar-refractivity contribution in [3.8, 4) is 22.8 Å². The van der Waals surface area contributed by atoms with E-state index >= 15 is 0 Å². The minimum absolute atomic E-state index is 0.306. The summed E-state index contributed by atoms with van der Waals surface area (Å²) in [7, 11) is 0. The molecule has 0 saturated carbocycles. The van der Waals surface area contributed by atoms with Gasteiger partial charge in [-0.3, -0.25) is 14.6 Å². The van der Waals surface area contributed by atoms with Crippen LogP contribution in [0, 0.1) is 5.82 Å². The number of amides is 2. The lowest BCUT2D eigenvalue weighted by atomic mass is 10.1. The van der Waals surface area contributed by atoms with E-state index in [1.54, 1.807) is 49.6 Å². The smallest absolute Gasteiger partial charge is 0.251 e. The zero-order valence-electron chi connectivity index (χ0n) is 21.2. The number of carbonyl (C=O) groups excluding carboxylic acids is 2. The predicted molar refractivity (Wildman–Crippen MR) is 149 cm³/mol. The molecule has 8 nitrogen and oxygen atoms in total. The lowest BCUT2D eigenvalue weighted by Crippen LogP contribution is -2.32. The Morgan fingerprint density at radius 2 is 1.74 bits per heavy atom. The second kappa shape index (κ2) is 11.2. The van der Waals surface area contributed by atoms with Crippen molar-refractivity contribution in [2.24, 2.45) is 5.73 Å². The van der Waals surface area contributed by atoms with Gasteiger partial charge in [0.15, 0.2) is 5.82 Å². The second-order valence-corrected chi connectivity index (χ2v) is 9.27. The largest absolute Gasteiger partial charge is 0.352 e. The number of H-pyrrole nitrogens is 1. The molecule has 9 heteroatoms. The van der Waals surface area contributed by atoms with Crippen molar-refractivity contribution in [3.63, 3.8) is 0 Å². The summed E-state index contributed by atoms with van der Waals surface area (Å²) in [5, 5.41) is 7.72. The molecule has 3 aromatic carbocycles. The first-order valence-electron chi connectivity index (χ1n) is 12.5.